The molecule has 1 rings (SSSR count). The predicted molar refractivity (Wildman–Crippen MR) is 69.3 cm³/mol. The highest BCUT2D eigenvalue weighted by Crippen LogP contribution is 2.28. The predicted octanol–water partition coefficient (Wildman–Crippen LogP) is 4.29. The molecule has 0 saturated heterocycles. The Hall–Kier alpha value is -0.850. The maximum absolute atomic E-state index is 11.8. The summed E-state index contributed by atoms with van der Waals surface area (Å²) in [5.74, 6) is 0.924. The zero-order chi connectivity index (χ0) is 12.2. The summed E-state index contributed by atoms with van der Waals surface area (Å²) in [6.07, 6.45) is 10.6. The van der Waals surface area contributed by atoms with Crippen LogP contribution >= 0.6 is 0 Å². The summed E-state index contributed by atoms with van der Waals surface area (Å²) in [5.41, 5.74) is 1.04. The average molecular weight is 220 g/mol. The molecule has 0 amide bonds. The van der Waals surface area contributed by atoms with Crippen molar-refractivity contribution < 1.29 is 4.79 Å². The van der Waals surface area contributed by atoms with E-state index in [1.807, 2.05) is 6.92 Å². The van der Waals surface area contributed by atoms with E-state index in [2.05, 4.69) is 32.9 Å². The minimum absolute atomic E-state index is 0.147. The fraction of sp³-hybridized carbons (Fsp3) is 0.667. The number of allylic oxidation sites excluding steroid dienone is 4. The Balaban J connectivity index is 2.84. The molecule has 0 bridgehead atoms. The first-order chi connectivity index (χ1) is 7.41. The number of rotatable bonds is 0. The van der Waals surface area contributed by atoms with E-state index in [0.29, 0.717) is 0 Å². The normalized spacial score (nSPS) is 27.1. The third-order valence-electron chi connectivity index (χ3n) is 3.47. The van der Waals surface area contributed by atoms with Gasteiger partial charge in [-0.05, 0) is 55.6 Å². The molecular weight excluding hydrogens is 196 g/mol. The molecule has 0 aromatic carbocycles. The zero-order valence-corrected chi connectivity index (χ0v) is 11.0. The number of carbonyl (C=O) groups is 1. The van der Waals surface area contributed by atoms with Gasteiger partial charge in [-0.3, -0.25) is 4.79 Å². The smallest absolute Gasteiger partial charge is 0.180 e. The highest BCUT2D eigenvalue weighted by molar-refractivity contribution is 6.03. The monoisotopic (exact) mass is 220 g/mol. The highest BCUT2D eigenvalue weighted by atomic mass is 16.1. The van der Waals surface area contributed by atoms with Crippen molar-refractivity contribution in [3.8, 4) is 0 Å². The molecule has 0 radical (unpaired) electrons. The van der Waals surface area contributed by atoms with Gasteiger partial charge in [-0.15, -0.1) is 0 Å². The minimum Gasteiger partial charge on any atom is -0.290 e. The van der Waals surface area contributed by atoms with Crippen LogP contribution in [0.15, 0.2) is 23.8 Å². The van der Waals surface area contributed by atoms with Crippen molar-refractivity contribution in [2.24, 2.45) is 11.3 Å². The Morgan fingerprint density at radius 1 is 1.31 bits per heavy atom. The van der Waals surface area contributed by atoms with Crippen LogP contribution in [-0.4, -0.2) is 5.78 Å². The summed E-state index contributed by atoms with van der Waals surface area (Å²) in [7, 11) is 0. The molecule has 1 nitrogen and oxygen atoms in total. The van der Waals surface area contributed by atoms with E-state index in [9.17, 15) is 4.79 Å². The third-order valence-corrected chi connectivity index (χ3v) is 3.47. The van der Waals surface area contributed by atoms with Gasteiger partial charge in [0, 0.05) is 0 Å². The quantitative estimate of drug-likeness (QED) is 0.595. The maximum atomic E-state index is 11.8. The van der Waals surface area contributed by atoms with E-state index in [1.54, 1.807) is 6.08 Å². The molecule has 1 aliphatic rings. The summed E-state index contributed by atoms with van der Waals surface area (Å²) in [6.45, 7) is 8.64. The lowest BCUT2D eigenvalue weighted by Crippen LogP contribution is -2.10. The molecule has 0 heterocycles. The van der Waals surface area contributed by atoms with Gasteiger partial charge in [0.15, 0.2) is 5.78 Å². The molecule has 90 valence electrons. The van der Waals surface area contributed by atoms with Gasteiger partial charge in [-0.1, -0.05) is 32.9 Å². The topological polar surface area (TPSA) is 17.1 Å². The van der Waals surface area contributed by atoms with Crippen LogP contribution in [0.5, 0.6) is 0 Å². The van der Waals surface area contributed by atoms with Gasteiger partial charge >= 0.3 is 0 Å². The van der Waals surface area contributed by atoms with Crippen LogP contribution < -0.4 is 0 Å². The summed E-state index contributed by atoms with van der Waals surface area (Å²) in [4.78, 5) is 11.8. The second kappa shape index (κ2) is 5.47. The molecule has 0 N–H and O–H groups in total. The first-order valence-electron chi connectivity index (χ1n) is 6.31. The van der Waals surface area contributed by atoms with Gasteiger partial charge in [0.05, 0.1) is 0 Å². The van der Waals surface area contributed by atoms with Gasteiger partial charge in [0.1, 0.15) is 0 Å². The molecule has 1 aliphatic carbocycles. The lowest BCUT2D eigenvalue weighted by molar-refractivity contribution is -0.111. The number of carbonyl (C=O) groups excluding carboxylic acids is 1. The van der Waals surface area contributed by atoms with Gasteiger partial charge in [-0.25, -0.2) is 0 Å². The first-order valence-corrected chi connectivity index (χ1v) is 6.31. The van der Waals surface area contributed by atoms with Gasteiger partial charge in [-0.2, -0.15) is 0 Å². The SMILES string of the molecule is CC1=CCCC(C)CCC(C)(C)C=CC1=O. The van der Waals surface area contributed by atoms with E-state index in [1.165, 1.54) is 12.8 Å². The zero-order valence-electron chi connectivity index (χ0n) is 11.0. The summed E-state index contributed by atoms with van der Waals surface area (Å²) in [6, 6.07) is 0. The van der Waals surface area contributed by atoms with E-state index < -0.39 is 0 Å². The van der Waals surface area contributed by atoms with Crippen molar-refractivity contribution in [3.05, 3.63) is 23.8 Å². The van der Waals surface area contributed by atoms with Crippen LogP contribution in [0.1, 0.15) is 53.4 Å². The maximum Gasteiger partial charge on any atom is 0.180 e. The fourth-order valence-corrected chi connectivity index (χ4v) is 1.96. The fourth-order valence-electron chi connectivity index (χ4n) is 1.96. The Labute approximate surface area is 99.6 Å². The Kier molecular flexibility index (Phi) is 4.52. The van der Waals surface area contributed by atoms with Crippen molar-refractivity contribution in [2.75, 3.05) is 0 Å². The molecule has 1 heteroatoms. The van der Waals surface area contributed by atoms with Gasteiger partial charge in [0.2, 0.25) is 0 Å². The Morgan fingerprint density at radius 2 is 2.00 bits per heavy atom. The van der Waals surface area contributed by atoms with E-state index >= 15 is 0 Å². The van der Waals surface area contributed by atoms with Gasteiger partial charge < -0.3 is 0 Å². The molecule has 0 aromatic rings. The van der Waals surface area contributed by atoms with E-state index in [4.69, 9.17) is 0 Å². The second-order valence-corrected chi connectivity index (χ2v) is 5.79. The minimum atomic E-state index is 0.147. The summed E-state index contributed by atoms with van der Waals surface area (Å²) >= 11 is 0. The van der Waals surface area contributed by atoms with Crippen LogP contribution in [-0.2, 0) is 4.79 Å². The third kappa shape index (κ3) is 4.34. The van der Waals surface area contributed by atoms with Crippen LogP contribution in [0.2, 0.25) is 0 Å². The van der Waals surface area contributed by atoms with Crippen molar-refractivity contribution in [2.45, 2.75) is 53.4 Å². The lowest BCUT2D eigenvalue weighted by atomic mass is 9.84. The molecule has 0 aromatic heterocycles. The molecule has 0 saturated carbocycles. The van der Waals surface area contributed by atoms with E-state index in [-0.39, 0.29) is 11.2 Å². The Morgan fingerprint density at radius 3 is 2.69 bits per heavy atom. The summed E-state index contributed by atoms with van der Waals surface area (Å²) < 4.78 is 0. The van der Waals surface area contributed by atoms with Crippen LogP contribution in [0, 0.1) is 11.3 Å². The molecule has 0 aliphatic heterocycles. The molecule has 0 spiro atoms. The molecule has 0 fully saturated rings. The van der Waals surface area contributed by atoms with Gasteiger partial charge in [0.25, 0.3) is 0 Å². The van der Waals surface area contributed by atoms with Crippen molar-refractivity contribution in [3.63, 3.8) is 0 Å². The van der Waals surface area contributed by atoms with Crippen molar-refractivity contribution in [1.29, 1.82) is 0 Å². The van der Waals surface area contributed by atoms with Crippen molar-refractivity contribution >= 4 is 5.78 Å². The Bertz CT molecular complexity index is 307. The number of ketones is 1. The largest absolute Gasteiger partial charge is 0.290 e. The number of hydrogen-bond donors (Lipinski definition) is 0. The molecular formula is C15H24O. The summed E-state index contributed by atoms with van der Waals surface area (Å²) in [5, 5.41) is 0. The van der Waals surface area contributed by atoms with E-state index in [0.717, 1.165) is 24.3 Å². The van der Waals surface area contributed by atoms with Crippen LogP contribution in [0.25, 0.3) is 0 Å². The standard InChI is InChI=1S/C15H24O/c1-12-6-5-7-13(2)14(16)9-11-15(3,4)10-8-12/h7,9,11-12H,5-6,8,10H2,1-4H3. The molecule has 1 atom stereocenters. The highest BCUT2D eigenvalue weighted by Gasteiger charge is 2.16. The van der Waals surface area contributed by atoms with Crippen LogP contribution in [0.4, 0.5) is 0 Å². The number of hydrogen-bond acceptors (Lipinski definition) is 1. The second-order valence-electron chi connectivity index (χ2n) is 5.79. The first kappa shape index (κ1) is 13.2. The van der Waals surface area contributed by atoms with Crippen molar-refractivity contribution in [1.82, 2.24) is 0 Å². The van der Waals surface area contributed by atoms with Crippen LogP contribution in [0.3, 0.4) is 0 Å². The lowest BCUT2D eigenvalue weighted by Gasteiger charge is -2.22. The average Bonchev–Trinajstić information content (AvgIpc) is 2.23. The molecule has 16 heavy (non-hydrogen) atoms. The molecule has 1 unspecified atom stereocenters.